The van der Waals surface area contributed by atoms with Gasteiger partial charge in [0.2, 0.25) is 0 Å². The first-order chi connectivity index (χ1) is 8.43. The summed E-state index contributed by atoms with van der Waals surface area (Å²) in [5, 5.41) is 0. The second-order valence-electron chi connectivity index (χ2n) is 5.44. The quantitative estimate of drug-likeness (QED) is 0.562. The van der Waals surface area contributed by atoms with Crippen LogP contribution < -0.4 is 0 Å². The molecule has 0 amide bonds. The zero-order valence-corrected chi connectivity index (χ0v) is 11.6. The molecule has 2 rings (SSSR count). The van der Waals surface area contributed by atoms with Crippen LogP contribution in [0.4, 0.5) is 0 Å². The summed E-state index contributed by atoms with van der Waals surface area (Å²) in [5.41, 5.74) is 3.88. The molecule has 96 valence electrons. The molecule has 0 aliphatic heterocycles. The van der Waals surface area contributed by atoms with Crippen molar-refractivity contribution in [3.05, 3.63) is 33.9 Å². The Hall–Kier alpha value is -1.44. The summed E-state index contributed by atoms with van der Waals surface area (Å²) in [5.74, 6) is 0.794. The third-order valence-electron chi connectivity index (χ3n) is 4.16. The lowest BCUT2D eigenvalue weighted by Gasteiger charge is -2.17. The molecule has 2 heteroatoms. The standard InChI is InChI=1S/C16H20O2/c1-9(13-6-7-13)5-8-14-12(4)15(17)10(2)11(3)16(14)18/h5,13H,6-8H2,1-4H3/b9-5+. The Kier molecular flexibility index (Phi) is 3.38. The van der Waals surface area contributed by atoms with E-state index in [-0.39, 0.29) is 11.6 Å². The Balaban J connectivity index is 2.24. The first-order valence-corrected chi connectivity index (χ1v) is 6.56. The minimum absolute atomic E-state index is 0.0274. The molecule has 0 atom stereocenters. The highest BCUT2D eigenvalue weighted by Gasteiger charge is 2.28. The number of Topliss-reactive ketones (excluding diaryl/α,β-unsaturated/α-hetero) is 2. The van der Waals surface area contributed by atoms with Crippen LogP contribution in [0, 0.1) is 5.92 Å². The summed E-state index contributed by atoms with van der Waals surface area (Å²) < 4.78 is 0. The summed E-state index contributed by atoms with van der Waals surface area (Å²) in [6.45, 7) is 7.38. The fourth-order valence-corrected chi connectivity index (χ4v) is 2.37. The van der Waals surface area contributed by atoms with Crippen molar-refractivity contribution < 1.29 is 9.59 Å². The molecular weight excluding hydrogens is 224 g/mol. The van der Waals surface area contributed by atoms with Crippen LogP contribution in [0.25, 0.3) is 0 Å². The summed E-state index contributed by atoms with van der Waals surface area (Å²) >= 11 is 0. The van der Waals surface area contributed by atoms with Crippen molar-refractivity contribution in [2.24, 2.45) is 5.92 Å². The number of allylic oxidation sites excluding steroid dienone is 6. The van der Waals surface area contributed by atoms with Gasteiger partial charge in [-0.05, 0) is 52.9 Å². The summed E-state index contributed by atoms with van der Waals surface area (Å²) in [4.78, 5) is 24.2. The second kappa shape index (κ2) is 4.68. The van der Waals surface area contributed by atoms with Crippen molar-refractivity contribution in [3.63, 3.8) is 0 Å². The molecule has 1 saturated carbocycles. The minimum Gasteiger partial charge on any atom is -0.289 e. The van der Waals surface area contributed by atoms with Crippen molar-refractivity contribution in [1.82, 2.24) is 0 Å². The van der Waals surface area contributed by atoms with Gasteiger partial charge in [-0.25, -0.2) is 0 Å². The third kappa shape index (κ3) is 2.24. The van der Waals surface area contributed by atoms with Crippen molar-refractivity contribution in [2.45, 2.75) is 47.0 Å². The molecule has 0 aromatic heterocycles. The zero-order valence-electron chi connectivity index (χ0n) is 11.6. The molecule has 2 aliphatic rings. The smallest absolute Gasteiger partial charge is 0.185 e. The largest absolute Gasteiger partial charge is 0.289 e. The number of hydrogen-bond donors (Lipinski definition) is 0. The number of hydrogen-bond acceptors (Lipinski definition) is 2. The molecule has 0 aromatic carbocycles. The fourth-order valence-electron chi connectivity index (χ4n) is 2.37. The van der Waals surface area contributed by atoms with Crippen LogP contribution in [-0.2, 0) is 9.59 Å². The molecule has 1 fully saturated rings. The van der Waals surface area contributed by atoms with Crippen LogP contribution in [0.15, 0.2) is 33.9 Å². The highest BCUT2D eigenvalue weighted by Crippen LogP contribution is 2.37. The molecule has 18 heavy (non-hydrogen) atoms. The van der Waals surface area contributed by atoms with Crippen molar-refractivity contribution in [1.29, 1.82) is 0 Å². The number of ketones is 2. The van der Waals surface area contributed by atoms with Gasteiger partial charge in [-0.1, -0.05) is 11.6 Å². The summed E-state index contributed by atoms with van der Waals surface area (Å²) in [6.07, 6.45) is 5.26. The van der Waals surface area contributed by atoms with Gasteiger partial charge in [0.25, 0.3) is 0 Å². The van der Waals surface area contributed by atoms with E-state index >= 15 is 0 Å². The van der Waals surface area contributed by atoms with E-state index in [2.05, 4.69) is 13.0 Å². The van der Waals surface area contributed by atoms with E-state index in [1.54, 1.807) is 20.8 Å². The molecule has 2 aliphatic carbocycles. The molecule has 0 saturated heterocycles. The molecule has 0 radical (unpaired) electrons. The normalized spacial score (nSPS) is 22.1. The van der Waals surface area contributed by atoms with Gasteiger partial charge >= 0.3 is 0 Å². The average molecular weight is 244 g/mol. The first-order valence-electron chi connectivity index (χ1n) is 6.56. The molecule has 2 nitrogen and oxygen atoms in total. The molecule has 0 N–H and O–H groups in total. The first kappa shape index (κ1) is 13.0. The van der Waals surface area contributed by atoms with Crippen molar-refractivity contribution in [3.8, 4) is 0 Å². The highest BCUT2D eigenvalue weighted by atomic mass is 16.1. The van der Waals surface area contributed by atoms with E-state index in [1.165, 1.54) is 18.4 Å². The van der Waals surface area contributed by atoms with Crippen LogP contribution in [0.1, 0.15) is 47.0 Å². The van der Waals surface area contributed by atoms with Gasteiger partial charge in [-0.15, -0.1) is 0 Å². The Bertz CT molecular complexity index is 511. The van der Waals surface area contributed by atoms with Crippen LogP contribution in [0.5, 0.6) is 0 Å². The Morgan fingerprint density at radius 2 is 1.61 bits per heavy atom. The van der Waals surface area contributed by atoms with Gasteiger partial charge in [0.1, 0.15) is 0 Å². The lowest BCUT2D eigenvalue weighted by molar-refractivity contribution is -0.116. The summed E-state index contributed by atoms with van der Waals surface area (Å²) in [6, 6.07) is 0. The zero-order chi connectivity index (χ0) is 13.4. The average Bonchev–Trinajstić information content (AvgIpc) is 3.18. The molecule has 0 aromatic rings. The maximum atomic E-state index is 12.2. The molecule has 0 bridgehead atoms. The third-order valence-corrected chi connectivity index (χ3v) is 4.16. The second-order valence-corrected chi connectivity index (χ2v) is 5.44. The summed E-state index contributed by atoms with van der Waals surface area (Å²) in [7, 11) is 0. The maximum Gasteiger partial charge on any atom is 0.185 e. The van der Waals surface area contributed by atoms with Gasteiger partial charge in [0.15, 0.2) is 11.6 Å². The topological polar surface area (TPSA) is 34.1 Å². The van der Waals surface area contributed by atoms with E-state index in [1.807, 2.05) is 0 Å². The van der Waals surface area contributed by atoms with Crippen LogP contribution in [0.3, 0.4) is 0 Å². The van der Waals surface area contributed by atoms with E-state index < -0.39 is 0 Å². The van der Waals surface area contributed by atoms with Gasteiger partial charge in [0.05, 0.1) is 0 Å². The van der Waals surface area contributed by atoms with E-state index in [4.69, 9.17) is 0 Å². The van der Waals surface area contributed by atoms with Gasteiger partial charge in [-0.3, -0.25) is 9.59 Å². The molecule has 0 spiro atoms. The SMILES string of the molecule is CC1=C(C)C(=O)C(C/C=C(\C)C2CC2)=C(C)C1=O. The Morgan fingerprint density at radius 1 is 1.06 bits per heavy atom. The number of carbonyl (C=O) groups excluding carboxylic acids is 2. The van der Waals surface area contributed by atoms with E-state index in [0.717, 1.165) is 5.92 Å². The van der Waals surface area contributed by atoms with Crippen LogP contribution in [0.2, 0.25) is 0 Å². The Labute approximate surface area is 108 Å². The lowest BCUT2D eigenvalue weighted by Crippen LogP contribution is -2.20. The molecular formula is C16H20O2. The predicted octanol–water partition coefficient (Wildman–Crippen LogP) is 3.54. The Morgan fingerprint density at radius 3 is 2.17 bits per heavy atom. The predicted molar refractivity (Wildman–Crippen MR) is 72.2 cm³/mol. The molecule has 0 heterocycles. The number of rotatable bonds is 3. The van der Waals surface area contributed by atoms with Crippen LogP contribution in [-0.4, -0.2) is 11.6 Å². The minimum atomic E-state index is 0.0274. The van der Waals surface area contributed by atoms with E-state index in [0.29, 0.717) is 28.7 Å². The van der Waals surface area contributed by atoms with Gasteiger partial charge in [0, 0.05) is 22.3 Å². The van der Waals surface area contributed by atoms with Gasteiger partial charge < -0.3 is 0 Å². The fraction of sp³-hybridized carbons (Fsp3) is 0.500. The lowest BCUT2D eigenvalue weighted by atomic mass is 9.84. The molecule has 0 unspecified atom stereocenters. The van der Waals surface area contributed by atoms with Crippen LogP contribution >= 0.6 is 0 Å². The van der Waals surface area contributed by atoms with Gasteiger partial charge in [-0.2, -0.15) is 0 Å². The number of carbonyl (C=O) groups is 2. The van der Waals surface area contributed by atoms with Crippen molar-refractivity contribution >= 4 is 11.6 Å². The van der Waals surface area contributed by atoms with E-state index in [9.17, 15) is 9.59 Å². The monoisotopic (exact) mass is 244 g/mol. The van der Waals surface area contributed by atoms with Crippen molar-refractivity contribution in [2.75, 3.05) is 0 Å². The highest BCUT2D eigenvalue weighted by molar-refractivity contribution is 6.24. The maximum absolute atomic E-state index is 12.2.